The minimum Gasteiger partial charge on any atom is -0.391 e. The van der Waals surface area contributed by atoms with Gasteiger partial charge in [0, 0.05) is 32.3 Å². The fraction of sp³-hybridized carbons (Fsp3) is 0.452. The maximum atomic E-state index is 13.8. The van der Waals surface area contributed by atoms with Gasteiger partial charge in [-0.15, -0.1) is 11.3 Å². The van der Waals surface area contributed by atoms with Crippen molar-refractivity contribution in [3.63, 3.8) is 0 Å². The smallest absolute Gasteiger partial charge is 0.246 e. The van der Waals surface area contributed by atoms with E-state index in [2.05, 4.69) is 20.6 Å². The van der Waals surface area contributed by atoms with Gasteiger partial charge in [0.2, 0.25) is 17.7 Å². The van der Waals surface area contributed by atoms with E-state index in [0.717, 1.165) is 27.3 Å². The second-order valence-corrected chi connectivity index (χ2v) is 12.6. The number of pyridine rings is 1. The van der Waals surface area contributed by atoms with Crippen LogP contribution in [0.3, 0.4) is 0 Å². The molecule has 0 aliphatic carbocycles. The molecule has 1 aliphatic rings. The van der Waals surface area contributed by atoms with Gasteiger partial charge >= 0.3 is 0 Å². The number of aliphatic hydroxyl groups excluding tert-OH is 1. The summed E-state index contributed by atoms with van der Waals surface area (Å²) in [4.78, 5) is 50.3. The molecule has 3 aromatic rings. The van der Waals surface area contributed by atoms with Crippen LogP contribution in [-0.2, 0) is 20.8 Å². The monoisotopic (exact) mass is 577 g/mol. The lowest BCUT2D eigenvalue weighted by atomic mass is 9.85. The van der Waals surface area contributed by atoms with Crippen molar-refractivity contribution >= 4 is 29.1 Å². The van der Waals surface area contributed by atoms with Crippen LogP contribution < -0.4 is 10.6 Å². The second kappa shape index (κ2) is 12.9. The Morgan fingerprint density at radius 3 is 2.37 bits per heavy atom. The van der Waals surface area contributed by atoms with E-state index in [9.17, 15) is 19.5 Å². The van der Waals surface area contributed by atoms with Crippen molar-refractivity contribution in [2.75, 3.05) is 6.54 Å². The second-order valence-electron chi connectivity index (χ2n) is 11.7. The molecule has 41 heavy (non-hydrogen) atoms. The zero-order valence-electron chi connectivity index (χ0n) is 24.3. The highest BCUT2D eigenvalue weighted by molar-refractivity contribution is 7.13. The lowest BCUT2D eigenvalue weighted by Crippen LogP contribution is -2.57. The number of rotatable bonds is 9. The highest BCUT2D eigenvalue weighted by atomic mass is 32.1. The lowest BCUT2D eigenvalue weighted by Gasteiger charge is -2.35. The molecule has 0 bridgehead atoms. The Morgan fingerprint density at radius 1 is 1.10 bits per heavy atom. The van der Waals surface area contributed by atoms with E-state index in [1.165, 1.54) is 11.8 Å². The topological polar surface area (TPSA) is 125 Å². The maximum Gasteiger partial charge on any atom is 0.246 e. The molecule has 10 heteroatoms. The Labute approximate surface area is 245 Å². The molecule has 2 aromatic heterocycles. The molecule has 1 fully saturated rings. The molecule has 9 nitrogen and oxygen atoms in total. The molecular weight excluding hydrogens is 538 g/mol. The van der Waals surface area contributed by atoms with Gasteiger partial charge in [-0.3, -0.25) is 19.4 Å². The number of nitrogens with zero attached hydrogens (tertiary/aromatic N) is 3. The number of hydrogen-bond donors (Lipinski definition) is 3. The Morgan fingerprint density at radius 2 is 1.78 bits per heavy atom. The number of hydrogen-bond acceptors (Lipinski definition) is 7. The number of carbonyl (C=O) groups excluding carboxylic acids is 3. The Kier molecular flexibility index (Phi) is 9.55. The van der Waals surface area contributed by atoms with E-state index in [-0.39, 0.29) is 36.7 Å². The van der Waals surface area contributed by atoms with Crippen LogP contribution in [0.4, 0.5) is 0 Å². The van der Waals surface area contributed by atoms with Gasteiger partial charge in [-0.2, -0.15) is 0 Å². The first kappa shape index (κ1) is 30.3. The number of benzene rings is 1. The summed E-state index contributed by atoms with van der Waals surface area (Å²) < 4.78 is 0. The molecule has 1 saturated heterocycles. The molecule has 4 rings (SSSR count). The first-order valence-electron chi connectivity index (χ1n) is 13.9. The number of aromatic nitrogens is 2. The maximum absolute atomic E-state index is 13.8. The third-order valence-corrected chi connectivity index (χ3v) is 8.41. The van der Waals surface area contributed by atoms with Crippen LogP contribution in [0.1, 0.15) is 63.4 Å². The third-order valence-electron chi connectivity index (χ3n) is 7.43. The van der Waals surface area contributed by atoms with Crippen LogP contribution in [0, 0.1) is 12.3 Å². The van der Waals surface area contributed by atoms with Gasteiger partial charge in [0.1, 0.15) is 12.1 Å². The van der Waals surface area contributed by atoms with Crippen LogP contribution in [-0.4, -0.2) is 62.4 Å². The van der Waals surface area contributed by atoms with Crippen LogP contribution >= 0.6 is 11.3 Å². The number of aliphatic hydroxyl groups is 1. The Bertz CT molecular complexity index is 1350. The number of amides is 3. The highest BCUT2D eigenvalue weighted by Crippen LogP contribution is 2.30. The van der Waals surface area contributed by atoms with Gasteiger partial charge in [-0.05, 0) is 54.0 Å². The largest absolute Gasteiger partial charge is 0.391 e. The van der Waals surface area contributed by atoms with Gasteiger partial charge in [-0.25, -0.2) is 4.98 Å². The Hall–Kier alpha value is -3.63. The minimum atomic E-state index is -0.848. The highest BCUT2D eigenvalue weighted by Gasteiger charge is 2.44. The van der Waals surface area contributed by atoms with E-state index in [0.29, 0.717) is 12.8 Å². The molecule has 3 N–H and O–H groups in total. The van der Waals surface area contributed by atoms with E-state index < -0.39 is 23.6 Å². The van der Waals surface area contributed by atoms with E-state index in [4.69, 9.17) is 0 Å². The minimum absolute atomic E-state index is 0.0354. The van der Waals surface area contributed by atoms with Crippen molar-refractivity contribution in [2.24, 2.45) is 5.41 Å². The SMILES string of the molecule is CC(=O)N[C@H](C(=O)N1C[C@H](O)C[C@H]1C(=O)N[C@@H](CCc1ccncc1)c1ccc(-c2scnc2C)cc1)C(C)(C)C. The Balaban J connectivity index is 1.57. The van der Waals surface area contributed by atoms with Crippen molar-refractivity contribution in [1.82, 2.24) is 25.5 Å². The number of carbonyl (C=O) groups is 3. The molecule has 1 aromatic carbocycles. The zero-order valence-corrected chi connectivity index (χ0v) is 25.1. The quantitative estimate of drug-likeness (QED) is 0.355. The first-order chi connectivity index (χ1) is 19.4. The molecule has 1 aliphatic heterocycles. The summed E-state index contributed by atoms with van der Waals surface area (Å²) in [6, 6.07) is 10.0. The fourth-order valence-electron chi connectivity index (χ4n) is 5.22. The van der Waals surface area contributed by atoms with Gasteiger partial charge in [0.25, 0.3) is 0 Å². The predicted molar refractivity (Wildman–Crippen MR) is 159 cm³/mol. The van der Waals surface area contributed by atoms with E-state index in [1.54, 1.807) is 23.7 Å². The van der Waals surface area contributed by atoms with Gasteiger partial charge in [-0.1, -0.05) is 45.0 Å². The average molecular weight is 578 g/mol. The molecule has 0 radical (unpaired) electrons. The van der Waals surface area contributed by atoms with Crippen molar-refractivity contribution < 1.29 is 19.5 Å². The molecular formula is C31H39N5O4S. The third kappa shape index (κ3) is 7.56. The van der Waals surface area contributed by atoms with Crippen LogP contribution in [0.5, 0.6) is 0 Å². The summed E-state index contributed by atoms with van der Waals surface area (Å²) >= 11 is 1.59. The van der Waals surface area contributed by atoms with Crippen molar-refractivity contribution in [3.8, 4) is 10.4 Å². The molecule has 0 spiro atoms. The number of nitrogens with one attached hydrogen (secondary N) is 2. The predicted octanol–water partition coefficient (Wildman–Crippen LogP) is 3.82. The number of likely N-dealkylation sites (tertiary alicyclic amines) is 1. The summed E-state index contributed by atoms with van der Waals surface area (Å²) in [6.07, 6.45) is 4.15. The average Bonchev–Trinajstić information content (AvgIpc) is 3.54. The fourth-order valence-corrected chi connectivity index (χ4v) is 6.03. The van der Waals surface area contributed by atoms with Gasteiger partial charge < -0.3 is 20.6 Å². The number of thiazole rings is 1. The molecule has 0 saturated carbocycles. The summed E-state index contributed by atoms with van der Waals surface area (Å²) in [7, 11) is 0. The lowest BCUT2D eigenvalue weighted by molar-refractivity contribution is -0.144. The van der Waals surface area contributed by atoms with Crippen LogP contribution in [0.2, 0.25) is 0 Å². The molecule has 3 heterocycles. The normalized spacial score (nSPS) is 18.5. The molecule has 0 unspecified atom stereocenters. The zero-order chi connectivity index (χ0) is 29.7. The van der Waals surface area contributed by atoms with E-state index in [1.807, 2.05) is 69.6 Å². The van der Waals surface area contributed by atoms with Gasteiger partial charge in [0.15, 0.2) is 0 Å². The van der Waals surface area contributed by atoms with Crippen molar-refractivity contribution in [1.29, 1.82) is 0 Å². The summed E-state index contributed by atoms with van der Waals surface area (Å²) in [6.45, 7) is 8.97. The van der Waals surface area contributed by atoms with Crippen molar-refractivity contribution in [2.45, 2.75) is 78.1 Å². The summed E-state index contributed by atoms with van der Waals surface area (Å²) in [5.41, 5.74) is 5.34. The molecule has 4 atom stereocenters. The standard InChI is InChI=1S/C31H39N5O4S/c1-19-27(41-18-33-19)23-9-7-22(8-10-23)25(11-6-21-12-14-32-15-13-21)35-29(39)26-16-24(38)17-36(26)30(40)28(31(3,4)5)34-20(2)37/h7-10,12-15,18,24-26,28,38H,6,11,16-17H2,1-5H3,(H,34,37)(H,35,39)/t24-,25+,26+,28-/m1/s1. The summed E-state index contributed by atoms with van der Waals surface area (Å²) in [5.74, 6) is -1.03. The first-order valence-corrected chi connectivity index (χ1v) is 14.8. The van der Waals surface area contributed by atoms with Crippen LogP contribution in [0.15, 0.2) is 54.3 Å². The van der Waals surface area contributed by atoms with E-state index >= 15 is 0 Å². The number of β-amino-alcohol motifs (C(OH)–C–C–N with tert-alkyl or cyclic N) is 1. The van der Waals surface area contributed by atoms with Crippen LogP contribution in [0.25, 0.3) is 10.4 Å². The molecule has 3 amide bonds. The number of aryl methyl sites for hydroxylation is 2. The van der Waals surface area contributed by atoms with Gasteiger partial charge in [0.05, 0.1) is 28.2 Å². The molecule has 218 valence electrons. The van der Waals surface area contributed by atoms with Crippen molar-refractivity contribution in [3.05, 3.63) is 71.1 Å². The summed E-state index contributed by atoms with van der Waals surface area (Å²) in [5, 5.41) is 16.4.